The molecular formula is C13H26N2. The Morgan fingerprint density at radius 1 is 1.13 bits per heavy atom. The molecule has 1 heterocycles. The van der Waals surface area contributed by atoms with Crippen molar-refractivity contribution in [2.75, 3.05) is 20.1 Å². The molecule has 0 radical (unpaired) electrons. The number of hydrogen-bond donors (Lipinski definition) is 1. The maximum Gasteiger partial charge on any atom is 0.0198 e. The van der Waals surface area contributed by atoms with Gasteiger partial charge < -0.3 is 10.2 Å². The minimum Gasteiger partial charge on any atom is -0.312 e. The van der Waals surface area contributed by atoms with Gasteiger partial charge in [-0.15, -0.1) is 0 Å². The van der Waals surface area contributed by atoms with E-state index in [4.69, 9.17) is 0 Å². The first kappa shape index (κ1) is 11.4. The van der Waals surface area contributed by atoms with Crippen molar-refractivity contribution in [2.24, 2.45) is 11.8 Å². The lowest BCUT2D eigenvalue weighted by Crippen LogP contribution is -2.40. The number of rotatable bonds is 3. The van der Waals surface area contributed by atoms with Gasteiger partial charge in [0.25, 0.3) is 0 Å². The van der Waals surface area contributed by atoms with Crippen LogP contribution in [0, 0.1) is 11.8 Å². The first-order valence-electron chi connectivity index (χ1n) is 6.58. The summed E-state index contributed by atoms with van der Waals surface area (Å²) in [4.78, 5) is 2.60. The summed E-state index contributed by atoms with van der Waals surface area (Å²) in [6.45, 7) is 7.22. The molecular weight excluding hydrogens is 184 g/mol. The van der Waals surface area contributed by atoms with Crippen molar-refractivity contribution in [3.8, 4) is 0 Å². The molecule has 2 aliphatic rings. The second kappa shape index (κ2) is 4.84. The van der Waals surface area contributed by atoms with Gasteiger partial charge in [0.15, 0.2) is 0 Å². The van der Waals surface area contributed by atoms with Crippen LogP contribution in [-0.2, 0) is 0 Å². The van der Waals surface area contributed by atoms with Gasteiger partial charge in [0.1, 0.15) is 0 Å². The molecule has 1 aliphatic heterocycles. The number of nitrogens with one attached hydrogen (secondary N) is 1. The van der Waals surface area contributed by atoms with E-state index in [9.17, 15) is 0 Å². The van der Waals surface area contributed by atoms with Crippen LogP contribution in [0.15, 0.2) is 0 Å². The number of hydrogen-bond acceptors (Lipinski definition) is 2. The Morgan fingerprint density at radius 2 is 1.93 bits per heavy atom. The second-order valence-corrected chi connectivity index (χ2v) is 5.96. The second-order valence-electron chi connectivity index (χ2n) is 5.96. The fourth-order valence-electron chi connectivity index (χ4n) is 3.23. The largest absolute Gasteiger partial charge is 0.312 e. The van der Waals surface area contributed by atoms with Crippen molar-refractivity contribution < 1.29 is 0 Å². The quantitative estimate of drug-likeness (QED) is 0.767. The number of nitrogens with zero attached hydrogens (tertiary/aromatic N) is 1. The molecule has 0 bridgehead atoms. The van der Waals surface area contributed by atoms with Crippen LogP contribution >= 0.6 is 0 Å². The van der Waals surface area contributed by atoms with Gasteiger partial charge in [-0.3, -0.25) is 0 Å². The Morgan fingerprint density at radius 3 is 2.47 bits per heavy atom. The summed E-state index contributed by atoms with van der Waals surface area (Å²) in [6, 6.07) is 1.61. The molecule has 15 heavy (non-hydrogen) atoms. The predicted molar refractivity (Wildman–Crippen MR) is 65.0 cm³/mol. The smallest absolute Gasteiger partial charge is 0.0198 e. The highest BCUT2D eigenvalue weighted by Gasteiger charge is 2.28. The molecule has 1 saturated heterocycles. The molecule has 0 amide bonds. The summed E-state index contributed by atoms with van der Waals surface area (Å²) in [7, 11) is 2.31. The van der Waals surface area contributed by atoms with E-state index in [1.54, 1.807) is 0 Å². The van der Waals surface area contributed by atoms with Crippen LogP contribution in [0.4, 0.5) is 0 Å². The molecule has 2 nitrogen and oxygen atoms in total. The van der Waals surface area contributed by atoms with Gasteiger partial charge in [0.05, 0.1) is 0 Å². The minimum absolute atomic E-state index is 0.751. The van der Waals surface area contributed by atoms with E-state index in [2.05, 4.69) is 31.1 Å². The normalized spacial score (nSPS) is 41.6. The summed E-state index contributed by atoms with van der Waals surface area (Å²) in [5.41, 5.74) is 0. The van der Waals surface area contributed by atoms with Crippen LogP contribution < -0.4 is 5.32 Å². The zero-order chi connectivity index (χ0) is 10.8. The van der Waals surface area contributed by atoms with Crippen molar-refractivity contribution in [2.45, 2.75) is 51.6 Å². The van der Waals surface area contributed by atoms with Gasteiger partial charge in [0, 0.05) is 18.6 Å². The Bertz CT molecular complexity index is 205. The molecule has 1 saturated carbocycles. The molecule has 0 aromatic carbocycles. The van der Waals surface area contributed by atoms with Gasteiger partial charge in [-0.1, -0.05) is 13.8 Å². The number of likely N-dealkylation sites (N-methyl/N-ethyl adjacent to an activating group) is 1. The fraction of sp³-hybridized carbons (Fsp3) is 1.00. The monoisotopic (exact) mass is 210 g/mol. The maximum absolute atomic E-state index is 3.63. The van der Waals surface area contributed by atoms with E-state index < -0.39 is 0 Å². The highest BCUT2D eigenvalue weighted by molar-refractivity contribution is 4.85. The van der Waals surface area contributed by atoms with Gasteiger partial charge in [-0.25, -0.2) is 0 Å². The van der Waals surface area contributed by atoms with Crippen LogP contribution in [0.1, 0.15) is 39.5 Å². The molecule has 2 rings (SSSR count). The highest BCUT2D eigenvalue weighted by atomic mass is 15.2. The van der Waals surface area contributed by atoms with Crippen molar-refractivity contribution in [3.05, 3.63) is 0 Å². The Balaban J connectivity index is 1.74. The first-order chi connectivity index (χ1) is 7.15. The van der Waals surface area contributed by atoms with E-state index in [1.165, 1.54) is 38.8 Å². The van der Waals surface area contributed by atoms with Crippen LogP contribution in [0.3, 0.4) is 0 Å². The van der Waals surface area contributed by atoms with Crippen molar-refractivity contribution in [1.82, 2.24) is 10.2 Å². The molecule has 88 valence electrons. The third-order valence-corrected chi connectivity index (χ3v) is 4.24. The van der Waals surface area contributed by atoms with Crippen LogP contribution in [0.2, 0.25) is 0 Å². The molecule has 2 heteroatoms. The molecule has 0 spiro atoms. The van der Waals surface area contributed by atoms with E-state index in [-0.39, 0.29) is 0 Å². The lowest BCUT2D eigenvalue weighted by molar-refractivity contribution is 0.220. The van der Waals surface area contributed by atoms with Crippen molar-refractivity contribution in [1.29, 1.82) is 0 Å². The van der Waals surface area contributed by atoms with E-state index >= 15 is 0 Å². The van der Waals surface area contributed by atoms with Crippen molar-refractivity contribution in [3.63, 3.8) is 0 Å². The molecule has 2 fully saturated rings. The van der Waals surface area contributed by atoms with Crippen molar-refractivity contribution >= 4 is 0 Å². The average Bonchev–Trinajstić information content (AvgIpc) is 2.75. The highest BCUT2D eigenvalue weighted by Crippen LogP contribution is 2.28. The zero-order valence-corrected chi connectivity index (χ0v) is 10.5. The molecule has 1 aliphatic carbocycles. The van der Waals surface area contributed by atoms with E-state index in [0.29, 0.717) is 0 Å². The SMILES string of the molecule is CC1CNC(CN(C)C2CCC(C)C2)C1. The van der Waals surface area contributed by atoms with E-state index in [0.717, 1.165) is 23.9 Å². The summed E-state index contributed by atoms with van der Waals surface area (Å²) in [6.07, 6.45) is 5.63. The van der Waals surface area contributed by atoms with Crippen LogP contribution in [-0.4, -0.2) is 37.1 Å². The van der Waals surface area contributed by atoms with Crippen LogP contribution in [0.5, 0.6) is 0 Å². The lowest BCUT2D eigenvalue weighted by Gasteiger charge is -2.27. The lowest BCUT2D eigenvalue weighted by atomic mass is 10.1. The molecule has 1 N–H and O–H groups in total. The topological polar surface area (TPSA) is 15.3 Å². The fourth-order valence-corrected chi connectivity index (χ4v) is 3.23. The average molecular weight is 210 g/mol. The summed E-state index contributed by atoms with van der Waals surface area (Å²) < 4.78 is 0. The van der Waals surface area contributed by atoms with Gasteiger partial charge in [-0.2, -0.15) is 0 Å². The minimum atomic E-state index is 0.751. The first-order valence-corrected chi connectivity index (χ1v) is 6.58. The van der Waals surface area contributed by atoms with Crippen LogP contribution in [0.25, 0.3) is 0 Å². The molecule has 4 unspecified atom stereocenters. The van der Waals surface area contributed by atoms with E-state index in [1.807, 2.05) is 0 Å². The molecule has 4 atom stereocenters. The summed E-state index contributed by atoms with van der Waals surface area (Å²) in [5, 5.41) is 3.63. The molecule has 0 aromatic rings. The summed E-state index contributed by atoms with van der Waals surface area (Å²) in [5.74, 6) is 1.83. The van der Waals surface area contributed by atoms with Gasteiger partial charge >= 0.3 is 0 Å². The standard InChI is InChI=1S/C13H26N2/c1-10-4-5-13(7-10)15(3)9-12-6-11(2)8-14-12/h10-14H,4-9H2,1-3H3. The Hall–Kier alpha value is -0.0800. The predicted octanol–water partition coefficient (Wildman–Crippen LogP) is 2.10. The third-order valence-electron chi connectivity index (χ3n) is 4.24. The maximum atomic E-state index is 3.63. The Labute approximate surface area is 94.4 Å². The summed E-state index contributed by atoms with van der Waals surface area (Å²) >= 11 is 0. The third kappa shape index (κ3) is 2.94. The zero-order valence-electron chi connectivity index (χ0n) is 10.5. The van der Waals surface area contributed by atoms with Gasteiger partial charge in [0.2, 0.25) is 0 Å². The Kier molecular flexibility index (Phi) is 3.68. The van der Waals surface area contributed by atoms with Gasteiger partial charge in [-0.05, 0) is 51.1 Å². The molecule has 0 aromatic heterocycles.